The van der Waals surface area contributed by atoms with Crippen LogP contribution in [-0.2, 0) is 0 Å². The van der Waals surface area contributed by atoms with Crippen molar-refractivity contribution >= 4 is 0 Å². The Labute approximate surface area is 104 Å². The molecule has 2 rings (SSSR count). The predicted molar refractivity (Wildman–Crippen MR) is 71.4 cm³/mol. The van der Waals surface area contributed by atoms with Gasteiger partial charge in [0.15, 0.2) is 0 Å². The smallest absolute Gasteiger partial charge is 0.124 e. The van der Waals surface area contributed by atoms with E-state index in [1.165, 1.54) is 18.4 Å². The highest BCUT2D eigenvalue weighted by Crippen LogP contribution is 2.32. The maximum atomic E-state index is 5.83. The van der Waals surface area contributed by atoms with Crippen LogP contribution in [0.25, 0.3) is 0 Å². The van der Waals surface area contributed by atoms with E-state index >= 15 is 0 Å². The standard InChI is InChI=1S/C15H23NO/c1-3-10-17-15-7-5-4-6-13(15)14-11-12(2)8-9-16-14/h4-7,12,14,16H,3,8-11H2,1-2H3. The van der Waals surface area contributed by atoms with Gasteiger partial charge in [-0.25, -0.2) is 0 Å². The number of piperidine rings is 1. The molecule has 1 aromatic carbocycles. The molecular weight excluding hydrogens is 210 g/mol. The highest BCUT2D eigenvalue weighted by atomic mass is 16.5. The average molecular weight is 233 g/mol. The summed E-state index contributed by atoms with van der Waals surface area (Å²) in [6.07, 6.45) is 3.56. The summed E-state index contributed by atoms with van der Waals surface area (Å²) in [5.41, 5.74) is 1.33. The summed E-state index contributed by atoms with van der Waals surface area (Å²) in [5, 5.41) is 3.60. The first-order valence-corrected chi connectivity index (χ1v) is 6.76. The number of nitrogens with one attached hydrogen (secondary N) is 1. The van der Waals surface area contributed by atoms with Gasteiger partial charge in [0, 0.05) is 11.6 Å². The molecule has 17 heavy (non-hydrogen) atoms. The molecule has 0 amide bonds. The normalized spacial score (nSPS) is 24.6. The zero-order valence-corrected chi connectivity index (χ0v) is 10.9. The Bertz CT molecular complexity index is 351. The van der Waals surface area contributed by atoms with Crippen molar-refractivity contribution in [1.29, 1.82) is 0 Å². The number of benzene rings is 1. The Balaban J connectivity index is 2.12. The second-order valence-corrected chi connectivity index (χ2v) is 5.02. The van der Waals surface area contributed by atoms with E-state index in [4.69, 9.17) is 4.74 Å². The molecule has 0 aliphatic carbocycles. The van der Waals surface area contributed by atoms with Crippen molar-refractivity contribution in [2.45, 2.75) is 39.2 Å². The summed E-state index contributed by atoms with van der Waals surface area (Å²) in [5.74, 6) is 1.86. The van der Waals surface area contributed by atoms with Crippen LogP contribution in [0.5, 0.6) is 5.75 Å². The lowest BCUT2D eigenvalue weighted by Gasteiger charge is -2.29. The summed E-state index contributed by atoms with van der Waals surface area (Å²) in [7, 11) is 0. The molecule has 1 fully saturated rings. The Hall–Kier alpha value is -1.02. The van der Waals surface area contributed by atoms with E-state index in [9.17, 15) is 0 Å². The molecule has 1 N–H and O–H groups in total. The molecule has 0 radical (unpaired) electrons. The molecule has 0 aromatic heterocycles. The third-order valence-electron chi connectivity index (χ3n) is 3.42. The fourth-order valence-corrected chi connectivity index (χ4v) is 2.46. The van der Waals surface area contributed by atoms with Gasteiger partial charge in [-0.15, -0.1) is 0 Å². The van der Waals surface area contributed by atoms with E-state index in [1.807, 2.05) is 0 Å². The zero-order chi connectivity index (χ0) is 12.1. The van der Waals surface area contributed by atoms with Crippen LogP contribution in [-0.4, -0.2) is 13.2 Å². The molecule has 0 spiro atoms. The van der Waals surface area contributed by atoms with E-state index in [0.717, 1.165) is 31.2 Å². The van der Waals surface area contributed by atoms with Gasteiger partial charge in [-0.1, -0.05) is 32.0 Å². The highest BCUT2D eigenvalue weighted by Gasteiger charge is 2.22. The lowest BCUT2D eigenvalue weighted by atomic mass is 9.90. The van der Waals surface area contributed by atoms with Crippen LogP contribution >= 0.6 is 0 Å². The second kappa shape index (κ2) is 6.06. The Kier molecular flexibility index (Phi) is 4.43. The quantitative estimate of drug-likeness (QED) is 0.859. The number of hydrogen-bond donors (Lipinski definition) is 1. The molecular formula is C15H23NO. The van der Waals surface area contributed by atoms with Crippen molar-refractivity contribution < 1.29 is 4.74 Å². The van der Waals surface area contributed by atoms with Gasteiger partial charge in [0.1, 0.15) is 5.75 Å². The molecule has 2 atom stereocenters. The van der Waals surface area contributed by atoms with Crippen LogP contribution in [0.3, 0.4) is 0 Å². The van der Waals surface area contributed by atoms with Gasteiger partial charge in [-0.3, -0.25) is 0 Å². The monoisotopic (exact) mass is 233 g/mol. The molecule has 1 saturated heterocycles. The molecule has 1 aliphatic heterocycles. The van der Waals surface area contributed by atoms with Crippen molar-refractivity contribution in [2.75, 3.05) is 13.2 Å². The van der Waals surface area contributed by atoms with E-state index in [0.29, 0.717) is 6.04 Å². The number of para-hydroxylation sites is 1. The van der Waals surface area contributed by atoms with E-state index in [-0.39, 0.29) is 0 Å². The summed E-state index contributed by atoms with van der Waals surface area (Å²) >= 11 is 0. The summed E-state index contributed by atoms with van der Waals surface area (Å²) in [6.45, 7) is 6.40. The topological polar surface area (TPSA) is 21.3 Å². The minimum atomic E-state index is 0.465. The van der Waals surface area contributed by atoms with Gasteiger partial charge < -0.3 is 10.1 Å². The largest absolute Gasteiger partial charge is 0.493 e. The molecule has 2 heteroatoms. The maximum Gasteiger partial charge on any atom is 0.124 e. The van der Waals surface area contributed by atoms with Gasteiger partial charge in [-0.2, -0.15) is 0 Å². The number of rotatable bonds is 4. The van der Waals surface area contributed by atoms with Crippen LogP contribution in [0, 0.1) is 5.92 Å². The van der Waals surface area contributed by atoms with Crippen molar-refractivity contribution in [1.82, 2.24) is 5.32 Å². The van der Waals surface area contributed by atoms with Gasteiger partial charge in [0.2, 0.25) is 0 Å². The third kappa shape index (κ3) is 3.22. The van der Waals surface area contributed by atoms with Gasteiger partial charge in [-0.05, 0) is 37.8 Å². The average Bonchev–Trinajstić information content (AvgIpc) is 2.37. The third-order valence-corrected chi connectivity index (χ3v) is 3.42. The van der Waals surface area contributed by atoms with Crippen LogP contribution in [0.4, 0.5) is 0 Å². The minimum Gasteiger partial charge on any atom is -0.493 e. The SMILES string of the molecule is CCCOc1ccccc1C1CC(C)CCN1. The minimum absolute atomic E-state index is 0.465. The predicted octanol–water partition coefficient (Wildman–Crippen LogP) is 3.54. The summed E-state index contributed by atoms with van der Waals surface area (Å²) < 4.78 is 5.83. The Morgan fingerprint density at radius 2 is 2.18 bits per heavy atom. The van der Waals surface area contributed by atoms with Crippen molar-refractivity contribution in [3.05, 3.63) is 29.8 Å². The molecule has 0 bridgehead atoms. The molecule has 1 aromatic rings. The fraction of sp³-hybridized carbons (Fsp3) is 0.600. The first-order valence-electron chi connectivity index (χ1n) is 6.76. The number of hydrogen-bond acceptors (Lipinski definition) is 2. The second-order valence-electron chi connectivity index (χ2n) is 5.02. The molecule has 1 heterocycles. The van der Waals surface area contributed by atoms with E-state index in [1.54, 1.807) is 0 Å². The van der Waals surface area contributed by atoms with Crippen LogP contribution < -0.4 is 10.1 Å². The first-order chi connectivity index (χ1) is 8.31. The van der Waals surface area contributed by atoms with E-state index in [2.05, 4.69) is 43.4 Å². The first kappa shape index (κ1) is 12.4. The summed E-state index contributed by atoms with van der Waals surface area (Å²) in [4.78, 5) is 0. The highest BCUT2D eigenvalue weighted by molar-refractivity contribution is 5.36. The van der Waals surface area contributed by atoms with Gasteiger partial charge >= 0.3 is 0 Å². The van der Waals surface area contributed by atoms with Crippen molar-refractivity contribution in [3.8, 4) is 5.75 Å². The van der Waals surface area contributed by atoms with Crippen LogP contribution in [0.1, 0.15) is 44.7 Å². The molecule has 2 unspecified atom stereocenters. The molecule has 2 nitrogen and oxygen atoms in total. The summed E-state index contributed by atoms with van der Waals surface area (Å²) in [6, 6.07) is 8.91. The lowest BCUT2D eigenvalue weighted by molar-refractivity contribution is 0.290. The van der Waals surface area contributed by atoms with Crippen LogP contribution in [0.2, 0.25) is 0 Å². The zero-order valence-electron chi connectivity index (χ0n) is 10.9. The molecule has 1 aliphatic rings. The molecule has 0 saturated carbocycles. The van der Waals surface area contributed by atoms with Crippen molar-refractivity contribution in [3.63, 3.8) is 0 Å². The Morgan fingerprint density at radius 3 is 2.94 bits per heavy atom. The van der Waals surface area contributed by atoms with E-state index < -0.39 is 0 Å². The maximum absolute atomic E-state index is 5.83. The van der Waals surface area contributed by atoms with Crippen LogP contribution in [0.15, 0.2) is 24.3 Å². The van der Waals surface area contributed by atoms with Crippen molar-refractivity contribution in [2.24, 2.45) is 5.92 Å². The Morgan fingerprint density at radius 1 is 1.35 bits per heavy atom. The van der Waals surface area contributed by atoms with Gasteiger partial charge in [0.05, 0.1) is 6.61 Å². The molecule has 94 valence electrons. The van der Waals surface area contributed by atoms with Gasteiger partial charge in [0.25, 0.3) is 0 Å². The fourth-order valence-electron chi connectivity index (χ4n) is 2.46. The number of ether oxygens (including phenoxy) is 1. The lowest BCUT2D eigenvalue weighted by Crippen LogP contribution is -2.31.